The van der Waals surface area contributed by atoms with Crippen LogP contribution in [0, 0.1) is 0 Å². The summed E-state index contributed by atoms with van der Waals surface area (Å²) in [7, 11) is 1.28. The SMILES string of the molecule is CC/C=C\C/C=C\C/C=C\C/C=C\C/C=C\C/C=C\C/C=C\C/C=C\C/C=C\C/C=C\C/C=C\CCCCCCCCCC(=O)NC(COP(=O)([O-])OCC[N+](C)(C)C)C(O)CCCCCCCCCCCCCCCCC. The standard InChI is InChI=1S/C69H119N2O6P/c1-6-8-10-12-14-16-18-20-22-23-24-25-26-27-28-29-30-31-32-33-34-35-36-37-38-39-40-41-42-43-44-45-46-47-49-51-53-55-57-59-61-63-69(73)70-67(66-77-78(74,75)76-65-64-71(3,4)5)68(72)62-60-58-56-54-52-50-48-21-19-17-15-13-11-9-7-2/h8,10,14,16,20,22,24-25,27-28,30-31,33-34,36-37,39-40,42-43,45-46,67-68,72H,6-7,9,11-13,15,17-19,21,23,26,29,32,35,38,41,44,47-66H2,1-5H3,(H-,70,73,74,75)/b10-8-,16-14-,22-20-,25-24-,28-27-,31-30-,34-33-,37-36-,40-39-,43-42-,46-45-. The first kappa shape index (κ1) is 74.6. The highest BCUT2D eigenvalue weighted by Crippen LogP contribution is 2.38. The summed E-state index contributed by atoms with van der Waals surface area (Å²) in [4.78, 5) is 25.5. The lowest BCUT2D eigenvalue weighted by Crippen LogP contribution is -2.46. The maximum absolute atomic E-state index is 13.0. The Morgan fingerprint density at radius 2 is 0.782 bits per heavy atom. The maximum atomic E-state index is 13.0. The van der Waals surface area contributed by atoms with Crippen LogP contribution >= 0.6 is 7.82 Å². The molecule has 9 heteroatoms. The lowest BCUT2D eigenvalue weighted by molar-refractivity contribution is -0.870. The van der Waals surface area contributed by atoms with Crippen LogP contribution in [0.3, 0.4) is 0 Å². The van der Waals surface area contributed by atoms with Gasteiger partial charge in [-0.15, -0.1) is 0 Å². The quantitative estimate of drug-likeness (QED) is 0.0272. The number of phosphoric ester groups is 1. The van der Waals surface area contributed by atoms with Gasteiger partial charge in [0.25, 0.3) is 7.82 Å². The molecule has 1 amide bonds. The highest BCUT2D eigenvalue weighted by Gasteiger charge is 2.24. The van der Waals surface area contributed by atoms with Crippen LogP contribution < -0.4 is 10.2 Å². The van der Waals surface area contributed by atoms with Gasteiger partial charge in [0.05, 0.1) is 39.9 Å². The van der Waals surface area contributed by atoms with Crippen molar-refractivity contribution in [1.29, 1.82) is 0 Å². The third kappa shape index (κ3) is 60.3. The predicted molar refractivity (Wildman–Crippen MR) is 338 cm³/mol. The van der Waals surface area contributed by atoms with Crippen LogP contribution in [-0.2, 0) is 18.4 Å². The van der Waals surface area contributed by atoms with E-state index in [-0.39, 0.29) is 19.1 Å². The number of rotatable bonds is 56. The number of unbranched alkanes of at least 4 members (excludes halogenated alkanes) is 21. The Morgan fingerprint density at radius 1 is 0.462 bits per heavy atom. The van der Waals surface area contributed by atoms with E-state index in [9.17, 15) is 19.4 Å². The fraction of sp³-hybridized carbons (Fsp3) is 0.667. The van der Waals surface area contributed by atoms with E-state index in [1.807, 2.05) is 21.1 Å². The molecule has 3 unspecified atom stereocenters. The summed E-state index contributed by atoms with van der Waals surface area (Å²) >= 11 is 0. The number of hydrogen-bond acceptors (Lipinski definition) is 6. The Bertz CT molecular complexity index is 1730. The van der Waals surface area contributed by atoms with Gasteiger partial charge in [-0.25, -0.2) is 0 Å². The number of allylic oxidation sites excluding steroid dienone is 22. The van der Waals surface area contributed by atoms with Crippen molar-refractivity contribution in [2.24, 2.45) is 0 Å². The third-order valence-corrected chi connectivity index (χ3v) is 14.4. The van der Waals surface area contributed by atoms with Crippen LogP contribution in [0.1, 0.15) is 245 Å². The molecule has 0 radical (unpaired) electrons. The highest BCUT2D eigenvalue weighted by molar-refractivity contribution is 7.45. The topological polar surface area (TPSA) is 108 Å². The lowest BCUT2D eigenvalue weighted by Gasteiger charge is -2.30. The first-order valence-corrected chi connectivity index (χ1v) is 33.0. The number of aliphatic hydroxyl groups is 1. The zero-order valence-electron chi connectivity index (χ0n) is 50.8. The minimum Gasteiger partial charge on any atom is -0.756 e. The van der Waals surface area contributed by atoms with E-state index in [1.165, 1.54) is 96.3 Å². The van der Waals surface area contributed by atoms with Gasteiger partial charge in [0.15, 0.2) is 0 Å². The average Bonchev–Trinajstić information content (AvgIpc) is 3.41. The molecule has 2 N–H and O–H groups in total. The Morgan fingerprint density at radius 3 is 1.14 bits per heavy atom. The number of carbonyl (C=O) groups is 1. The number of nitrogens with zero attached hydrogens (tertiary/aromatic N) is 1. The second kappa shape index (κ2) is 58.3. The largest absolute Gasteiger partial charge is 0.756 e. The second-order valence-electron chi connectivity index (χ2n) is 22.0. The van der Waals surface area contributed by atoms with Crippen molar-refractivity contribution in [3.8, 4) is 0 Å². The molecule has 0 bridgehead atoms. The molecule has 0 aromatic rings. The molecule has 0 rings (SSSR count). The van der Waals surface area contributed by atoms with E-state index in [1.54, 1.807) is 0 Å². The third-order valence-electron chi connectivity index (χ3n) is 13.4. The predicted octanol–water partition coefficient (Wildman–Crippen LogP) is 19.2. The smallest absolute Gasteiger partial charge is 0.268 e. The number of nitrogens with one attached hydrogen (secondary N) is 1. The van der Waals surface area contributed by atoms with Gasteiger partial charge < -0.3 is 28.8 Å². The van der Waals surface area contributed by atoms with Gasteiger partial charge in [-0.2, -0.15) is 0 Å². The molecule has 0 aromatic heterocycles. The zero-order valence-corrected chi connectivity index (χ0v) is 51.7. The van der Waals surface area contributed by atoms with Gasteiger partial charge in [0.1, 0.15) is 13.2 Å². The number of likely N-dealkylation sites (N-methyl/N-ethyl adjacent to an activating group) is 1. The Kier molecular flexibility index (Phi) is 55.8. The van der Waals surface area contributed by atoms with Crippen molar-refractivity contribution in [3.05, 3.63) is 134 Å². The van der Waals surface area contributed by atoms with Gasteiger partial charge in [-0.3, -0.25) is 9.36 Å². The van der Waals surface area contributed by atoms with Crippen molar-refractivity contribution >= 4 is 13.7 Å². The molecule has 0 saturated carbocycles. The molecule has 0 aliphatic rings. The van der Waals surface area contributed by atoms with Crippen molar-refractivity contribution in [3.63, 3.8) is 0 Å². The fourth-order valence-corrected chi connectivity index (χ4v) is 9.24. The van der Waals surface area contributed by atoms with Gasteiger partial charge in [0.2, 0.25) is 5.91 Å². The second-order valence-corrected chi connectivity index (χ2v) is 23.4. The monoisotopic (exact) mass is 1100 g/mol. The molecule has 3 atom stereocenters. The first-order chi connectivity index (χ1) is 38.0. The van der Waals surface area contributed by atoms with Crippen LogP contribution in [0.15, 0.2) is 134 Å². The van der Waals surface area contributed by atoms with E-state index in [0.717, 1.165) is 122 Å². The first-order valence-electron chi connectivity index (χ1n) is 31.5. The zero-order chi connectivity index (χ0) is 57.0. The van der Waals surface area contributed by atoms with Crippen molar-refractivity contribution < 1.29 is 32.9 Å². The Balaban J connectivity index is 4.12. The molecule has 8 nitrogen and oxygen atoms in total. The molecule has 0 heterocycles. The normalized spacial score (nSPS) is 14.7. The molecule has 0 spiro atoms. The van der Waals surface area contributed by atoms with Crippen LogP contribution in [0.5, 0.6) is 0 Å². The van der Waals surface area contributed by atoms with Gasteiger partial charge in [-0.1, -0.05) is 276 Å². The fourth-order valence-electron chi connectivity index (χ4n) is 8.52. The number of phosphoric acid groups is 1. The van der Waals surface area contributed by atoms with E-state index in [4.69, 9.17) is 9.05 Å². The lowest BCUT2D eigenvalue weighted by atomic mass is 10.0. The van der Waals surface area contributed by atoms with Gasteiger partial charge >= 0.3 is 0 Å². The van der Waals surface area contributed by atoms with E-state index in [0.29, 0.717) is 23.9 Å². The molecule has 0 aromatic carbocycles. The van der Waals surface area contributed by atoms with E-state index < -0.39 is 20.0 Å². The number of aliphatic hydroxyl groups excluding tert-OH is 1. The maximum Gasteiger partial charge on any atom is 0.268 e. The number of carbonyl (C=O) groups excluding carboxylic acids is 1. The summed E-state index contributed by atoms with van der Waals surface area (Å²) < 4.78 is 23.4. The number of amides is 1. The van der Waals surface area contributed by atoms with Gasteiger partial charge in [-0.05, 0) is 96.3 Å². The van der Waals surface area contributed by atoms with Crippen molar-refractivity contribution in [2.45, 2.75) is 257 Å². The summed E-state index contributed by atoms with van der Waals surface area (Å²) in [6.45, 7) is 4.59. The Hall–Kier alpha value is -3.36. The molecular weight excluding hydrogens is 984 g/mol. The summed E-state index contributed by atoms with van der Waals surface area (Å²) in [5.74, 6) is -0.180. The minimum absolute atomic E-state index is 0.00375. The molecule has 0 saturated heterocycles. The van der Waals surface area contributed by atoms with Crippen LogP contribution in [0.2, 0.25) is 0 Å². The summed E-state index contributed by atoms with van der Waals surface area (Å²) in [6.07, 6.45) is 87.8. The average molecular weight is 1100 g/mol. The summed E-state index contributed by atoms with van der Waals surface area (Å²) in [6, 6.07) is -0.816. The number of quaternary nitrogens is 1. The van der Waals surface area contributed by atoms with E-state index in [2.05, 4.69) is 153 Å². The molecular formula is C69H119N2O6P. The number of hydrogen-bond donors (Lipinski definition) is 2. The molecule has 0 aliphatic heterocycles. The van der Waals surface area contributed by atoms with Crippen LogP contribution in [0.25, 0.3) is 0 Å². The van der Waals surface area contributed by atoms with Crippen LogP contribution in [0.4, 0.5) is 0 Å². The molecule has 0 aliphatic carbocycles. The van der Waals surface area contributed by atoms with Crippen LogP contribution in [-0.4, -0.2) is 68.5 Å². The van der Waals surface area contributed by atoms with Crippen molar-refractivity contribution in [2.75, 3.05) is 40.9 Å². The van der Waals surface area contributed by atoms with Gasteiger partial charge in [0, 0.05) is 6.42 Å². The summed E-state index contributed by atoms with van der Waals surface area (Å²) in [5.41, 5.74) is 0. The molecule has 0 fully saturated rings. The minimum atomic E-state index is -4.58. The molecule has 446 valence electrons. The summed E-state index contributed by atoms with van der Waals surface area (Å²) in [5, 5.41) is 14.0. The Labute approximate surface area is 481 Å². The highest BCUT2D eigenvalue weighted by atomic mass is 31.2. The molecule has 78 heavy (non-hydrogen) atoms. The van der Waals surface area contributed by atoms with Crippen molar-refractivity contribution in [1.82, 2.24) is 5.32 Å². The van der Waals surface area contributed by atoms with E-state index >= 15 is 0 Å².